The minimum Gasteiger partial charge on any atom is -0.465 e. The Bertz CT molecular complexity index is 1500. The fourth-order valence-corrected chi connectivity index (χ4v) is 5.58. The number of nitrogens with zero attached hydrogens (tertiary/aromatic N) is 8. The Kier molecular flexibility index (Phi) is 5.96. The number of hydrogen-bond acceptors (Lipinski definition) is 7. The van der Waals surface area contributed by atoms with E-state index in [9.17, 15) is 27.9 Å². The minimum atomic E-state index is -4.47. The molecule has 2 amide bonds. The van der Waals surface area contributed by atoms with Crippen LogP contribution in [0.2, 0.25) is 0 Å². The van der Waals surface area contributed by atoms with E-state index < -0.39 is 17.8 Å². The second-order valence-corrected chi connectivity index (χ2v) is 10.6. The van der Waals surface area contributed by atoms with Crippen molar-refractivity contribution in [2.24, 2.45) is 0 Å². The van der Waals surface area contributed by atoms with Crippen molar-refractivity contribution in [3.63, 3.8) is 0 Å². The molecule has 40 heavy (non-hydrogen) atoms. The highest BCUT2D eigenvalue weighted by molar-refractivity contribution is 6.10. The Morgan fingerprint density at radius 1 is 1.23 bits per heavy atom. The van der Waals surface area contributed by atoms with E-state index in [0.717, 1.165) is 35.2 Å². The van der Waals surface area contributed by atoms with Crippen molar-refractivity contribution in [1.29, 1.82) is 0 Å². The number of halogens is 3. The highest BCUT2D eigenvalue weighted by atomic mass is 19.4. The Morgan fingerprint density at radius 2 is 2.00 bits per heavy atom. The van der Waals surface area contributed by atoms with Crippen LogP contribution in [0.5, 0.6) is 0 Å². The summed E-state index contributed by atoms with van der Waals surface area (Å²) in [5.74, 6) is 0.476. The van der Waals surface area contributed by atoms with Crippen LogP contribution in [0.15, 0.2) is 30.6 Å². The molecule has 1 saturated carbocycles. The molecule has 11 nitrogen and oxygen atoms in total. The lowest BCUT2D eigenvalue weighted by Gasteiger charge is -2.24. The Balaban J connectivity index is 1.36. The van der Waals surface area contributed by atoms with Crippen LogP contribution < -0.4 is 9.80 Å². The van der Waals surface area contributed by atoms with E-state index in [-0.39, 0.29) is 55.2 Å². The van der Waals surface area contributed by atoms with Gasteiger partial charge in [-0.05, 0) is 50.8 Å². The van der Waals surface area contributed by atoms with Crippen LogP contribution in [-0.2, 0) is 18.6 Å². The molecule has 2 aliphatic heterocycles. The number of carbonyl (C=O) groups excluding carboxylic acids is 1. The molecule has 0 radical (unpaired) electrons. The number of fused-ring (bicyclic) bond motifs is 1. The third-order valence-corrected chi connectivity index (χ3v) is 8.05. The van der Waals surface area contributed by atoms with E-state index >= 15 is 0 Å². The highest BCUT2D eigenvalue weighted by Crippen LogP contribution is 2.56. The van der Waals surface area contributed by atoms with E-state index in [1.807, 2.05) is 0 Å². The first-order valence-electron chi connectivity index (χ1n) is 13.0. The second kappa shape index (κ2) is 9.17. The number of pyridine rings is 2. The summed E-state index contributed by atoms with van der Waals surface area (Å²) in [6.45, 7) is 2.95. The van der Waals surface area contributed by atoms with Crippen LogP contribution in [0.1, 0.15) is 54.2 Å². The van der Waals surface area contributed by atoms with Crippen LogP contribution in [0, 0.1) is 0 Å². The number of alkyl halides is 3. The van der Waals surface area contributed by atoms with Gasteiger partial charge in [-0.2, -0.15) is 13.2 Å². The van der Waals surface area contributed by atoms with Crippen LogP contribution in [0.3, 0.4) is 0 Å². The predicted molar refractivity (Wildman–Crippen MR) is 137 cm³/mol. The quantitative estimate of drug-likeness (QED) is 0.483. The van der Waals surface area contributed by atoms with Crippen LogP contribution in [0.4, 0.5) is 29.6 Å². The predicted octanol–water partition coefficient (Wildman–Crippen LogP) is 4.05. The summed E-state index contributed by atoms with van der Waals surface area (Å²) >= 11 is 0. The molecule has 1 saturated heterocycles. The maximum Gasteiger partial charge on any atom is 0.412 e. The molecule has 210 valence electrons. The molecule has 2 fully saturated rings. The first kappa shape index (κ1) is 26.0. The average Bonchev–Trinajstić information content (AvgIpc) is 3.22. The first-order valence-corrected chi connectivity index (χ1v) is 13.0. The van der Waals surface area contributed by atoms with Gasteiger partial charge in [-0.3, -0.25) is 14.3 Å². The summed E-state index contributed by atoms with van der Waals surface area (Å²) in [6.07, 6.45) is -2.69. The van der Waals surface area contributed by atoms with Gasteiger partial charge in [-0.15, -0.1) is 10.2 Å². The van der Waals surface area contributed by atoms with Crippen LogP contribution >= 0.6 is 0 Å². The minimum absolute atomic E-state index is 0.00898. The molecular weight excluding hydrogens is 529 g/mol. The van der Waals surface area contributed by atoms with Gasteiger partial charge in [0.25, 0.3) is 5.91 Å². The monoisotopic (exact) mass is 556 g/mol. The number of carboxylic acid groups (broad SMARTS) is 1. The summed E-state index contributed by atoms with van der Waals surface area (Å²) in [5, 5.41) is 17.1. The number of aromatic nitrogens is 5. The van der Waals surface area contributed by atoms with Crippen molar-refractivity contribution < 1.29 is 27.9 Å². The summed E-state index contributed by atoms with van der Waals surface area (Å²) in [6, 6.07) is 6.71. The Morgan fingerprint density at radius 3 is 2.65 bits per heavy atom. The summed E-state index contributed by atoms with van der Waals surface area (Å²) < 4.78 is 42.5. The smallest absolute Gasteiger partial charge is 0.412 e. The van der Waals surface area contributed by atoms with Crippen molar-refractivity contribution in [3.05, 3.63) is 47.4 Å². The number of hydrogen-bond donors (Lipinski definition) is 1. The standard InChI is InChI=1S/C26H27F3N8O3/c1-15-5-4-10-35(15)21-11-16-17(19(32-21)13-34(2)24(39)40)12-36(23(16)38)20-7-3-6-18(31-20)22-33-30-14-37(22)25(8-9-25)26(27,28)29/h3,6-7,11,14-15H,4-5,8-10,12-13H2,1-2H3,(H,39,40)/t15-/m1/s1. The molecule has 1 N–H and O–H groups in total. The number of carbonyl (C=O) groups is 2. The third-order valence-electron chi connectivity index (χ3n) is 8.05. The number of amides is 2. The largest absolute Gasteiger partial charge is 0.465 e. The molecule has 0 bridgehead atoms. The van der Waals surface area contributed by atoms with E-state index in [4.69, 9.17) is 4.98 Å². The van der Waals surface area contributed by atoms with Crippen molar-refractivity contribution in [2.75, 3.05) is 23.4 Å². The first-order chi connectivity index (χ1) is 19.0. The van der Waals surface area contributed by atoms with E-state index in [1.54, 1.807) is 18.2 Å². The molecule has 3 aromatic heterocycles. The van der Waals surface area contributed by atoms with Gasteiger partial charge in [0.1, 0.15) is 29.2 Å². The molecule has 0 unspecified atom stereocenters. The van der Waals surface area contributed by atoms with Gasteiger partial charge >= 0.3 is 12.3 Å². The number of rotatable bonds is 6. The van der Waals surface area contributed by atoms with Crippen LogP contribution in [-0.4, -0.2) is 72.5 Å². The third kappa shape index (κ3) is 4.12. The summed E-state index contributed by atoms with van der Waals surface area (Å²) in [4.78, 5) is 39.2. The molecular formula is C26H27F3N8O3. The van der Waals surface area contributed by atoms with Crippen molar-refractivity contribution >= 4 is 23.6 Å². The fourth-order valence-electron chi connectivity index (χ4n) is 5.58. The maximum atomic E-state index is 13.8. The molecule has 14 heteroatoms. The van der Waals surface area contributed by atoms with Gasteiger partial charge in [0, 0.05) is 25.2 Å². The zero-order valence-electron chi connectivity index (χ0n) is 21.9. The van der Waals surface area contributed by atoms with Gasteiger partial charge in [0.15, 0.2) is 5.82 Å². The van der Waals surface area contributed by atoms with Crippen LogP contribution in [0.25, 0.3) is 11.5 Å². The lowest BCUT2D eigenvalue weighted by molar-refractivity contribution is -0.179. The van der Waals surface area contributed by atoms with Crippen molar-refractivity contribution in [2.45, 2.75) is 63.5 Å². The molecule has 3 aromatic rings. The zero-order valence-corrected chi connectivity index (χ0v) is 21.9. The molecule has 6 rings (SSSR count). The molecule has 1 atom stereocenters. The molecule has 1 aliphatic carbocycles. The summed E-state index contributed by atoms with van der Waals surface area (Å²) in [5.41, 5.74) is -0.419. The molecule has 0 aromatic carbocycles. The molecule has 0 spiro atoms. The highest BCUT2D eigenvalue weighted by Gasteiger charge is 2.65. The fraction of sp³-hybridized carbons (Fsp3) is 0.462. The van der Waals surface area contributed by atoms with Gasteiger partial charge < -0.3 is 14.9 Å². The summed E-state index contributed by atoms with van der Waals surface area (Å²) in [7, 11) is 1.44. The van der Waals surface area contributed by atoms with E-state index in [2.05, 4.69) is 27.0 Å². The lowest BCUT2D eigenvalue weighted by Crippen LogP contribution is -2.35. The maximum absolute atomic E-state index is 13.8. The zero-order chi connectivity index (χ0) is 28.4. The second-order valence-electron chi connectivity index (χ2n) is 10.6. The van der Waals surface area contributed by atoms with Gasteiger partial charge in [-0.1, -0.05) is 6.07 Å². The SMILES string of the molecule is C[C@@H]1CCCN1c1cc2c(c(CN(C)C(=O)O)n1)CN(c1cccc(-c3nncn3C3(C(F)(F)F)CC3)n1)C2=O. The average molecular weight is 557 g/mol. The van der Waals surface area contributed by atoms with Gasteiger partial charge in [0.2, 0.25) is 0 Å². The number of anilines is 2. The van der Waals surface area contributed by atoms with E-state index in [0.29, 0.717) is 22.6 Å². The van der Waals surface area contributed by atoms with Gasteiger partial charge in [-0.25, -0.2) is 14.8 Å². The molecule has 5 heterocycles. The Hall–Kier alpha value is -4.23. The lowest BCUT2D eigenvalue weighted by atomic mass is 10.1. The van der Waals surface area contributed by atoms with Crippen molar-refractivity contribution in [3.8, 4) is 11.5 Å². The van der Waals surface area contributed by atoms with E-state index in [1.165, 1.54) is 18.0 Å². The molecule has 3 aliphatic rings. The topological polar surface area (TPSA) is 121 Å². The van der Waals surface area contributed by atoms with Crippen molar-refractivity contribution in [1.82, 2.24) is 29.6 Å². The van der Waals surface area contributed by atoms with Gasteiger partial charge in [0.05, 0.1) is 24.3 Å². The Labute approximate surface area is 227 Å². The normalized spacial score (nSPS) is 19.7.